The maximum Gasteiger partial charge on any atom is 0.0426 e. The van der Waals surface area contributed by atoms with Crippen molar-refractivity contribution in [2.24, 2.45) is 5.73 Å². The van der Waals surface area contributed by atoms with E-state index in [1.54, 1.807) is 6.07 Å². The highest BCUT2D eigenvalue weighted by Crippen LogP contribution is 2.33. The summed E-state index contributed by atoms with van der Waals surface area (Å²) in [5, 5.41) is 1.31. The minimum absolute atomic E-state index is 0.151. The number of benzene rings is 2. The summed E-state index contributed by atoms with van der Waals surface area (Å²) in [5.41, 5.74) is 11.0. The van der Waals surface area contributed by atoms with E-state index in [1.807, 2.05) is 12.1 Å². The number of halogens is 2. The predicted molar refractivity (Wildman–Crippen MR) is 81.8 cm³/mol. The molecule has 0 saturated carbocycles. The van der Waals surface area contributed by atoms with Gasteiger partial charge in [-0.05, 0) is 65.8 Å². The van der Waals surface area contributed by atoms with Gasteiger partial charge < -0.3 is 5.73 Å². The molecule has 0 aromatic heterocycles. The minimum Gasteiger partial charge on any atom is -0.324 e. The topological polar surface area (TPSA) is 26.0 Å². The largest absolute Gasteiger partial charge is 0.324 e. The van der Waals surface area contributed by atoms with E-state index in [-0.39, 0.29) is 6.04 Å². The van der Waals surface area contributed by atoms with Gasteiger partial charge in [0, 0.05) is 16.1 Å². The molecule has 0 radical (unpaired) electrons. The molecule has 0 aliphatic heterocycles. The molecule has 2 N–H and O–H groups in total. The lowest BCUT2D eigenvalue weighted by atomic mass is 9.86. The van der Waals surface area contributed by atoms with Gasteiger partial charge >= 0.3 is 0 Å². The summed E-state index contributed by atoms with van der Waals surface area (Å²) in [7, 11) is 0. The fourth-order valence-corrected chi connectivity index (χ4v) is 3.26. The van der Waals surface area contributed by atoms with Crippen molar-refractivity contribution in [3.63, 3.8) is 0 Å². The molecular weight excluding hydrogens is 277 g/mol. The monoisotopic (exact) mass is 291 g/mol. The standard InChI is InChI=1S/C16H15Cl2N/c17-13-6-12(7-14(18)9-13)11-5-4-10-2-1-3-16(19)15(10)8-11/h4-9,16H,1-3,19H2. The highest BCUT2D eigenvalue weighted by Gasteiger charge is 2.17. The van der Waals surface area contributed by atoms with E-state index >= 15 is 0 Å². The Morgan fingerprint density at radius 1 is 0.947 bits per heavy atom. The van der Waals surface area contributed by atoms with Crippen molar-refractivity contribution in [2.75, 3.05) is 0 Å². The summed E-state index contributed by atoms with van der Waals surface area (Å²) in [6.07, 6.45) is 3.36. The number of aryl methyl sites for hydroxylation is 1. The molecule has 1 aliphatic rings. The maximum absolute atomic E-state index is 6.20. The summed E-state index contributed by atoms with van der Waals surface area (Å²) >= 11 is 12.1. The van der Waals surface area contributed by atoms with E-state index in [2.05, 4.69) is 18.2 Å². The summed E-state index contributed by atoms with van der Waals surface area (Å²) in [6.45, 7) is 0. The number of nitrogens with two attached hydrogens (primary N) is 1. The Labute approximate surface area is 123 Å². The zero-order valence-electron chi connectivity index (χ0n) is 10.5. The van der Waals surface area contributed by atoms with Crippen molar-refractivity contribution >= 4 is 23.2 Å². The first kappa shape index (κ1) is 13.0. The predicted octanol–water partition coefficient (Wildman–Crippen LogP) is 5.00. The van der Waals surface area contributed by atoms with Gasteiger partial charge in [0.15, 0.2) is 0 Å². The van der Waals surface area contributed by atoms with Gasteiger partial charge in [-0.15, -0.1) is 0 Å². The quantitative estimate of drug-likeness (QED) is 0.786. The molecule has 2 aromatic carbocycles. The number of rotatable bonds is 1. The number of hydrogen-bond donors (Lipinski definition) is 1. The van der Waals surface area contributed by atoms with Crippen molar-refractivity contribution in [2.45, 2.75) is 25.3 Å². The van der Waals surface area contributed by atoms with E-state index in [0.717, 1.165) is 24.0 Å². The van der Waals surface area contributed by atoms with E-state index in [1.165, 1.54) is 17.5 Å². The second-order valence-electron chi connectivity index (χ2n) is 5.07. The Hall–Kier alpha value is -1.02. The molecule has 0 amide bonds. The van der Waals surface area contributed by atoms with Gasteiger partial charge in [0.25, 0.3) is 0 Å². The highest BCUT2D eigenvalue weighted by molar-refractivity contribution is 6.35. The molecular formula is C16H15Cl2N. The molecule has 19 heavy (non-hydrogen) atoms. The molecule has 0 heterocycles. The van der Waals surface area contributed by atoms with Crippen LogP contribution in [-0.4, -0.2) is 0 Å². The molecule has 1 nitrogen and oxygen atoms in total. The molecule has 3 heteroatoms. The Morgan fingerprint density at radius 2 is 1.68 bits per heavy atom. The van der Waals surface area contributed by atoms with Crippen LogP contribution in [0.15, 0.2) is 36.4 Å². The molecule has 0 fully saturated rings. The van der Waals surface area contributed by atoms with Crippen LogP contribution in [0.3, 0.4) is 0 Å². The summed E-state index contributed by atoms with van der Waals surface area (Å²) in [6, 6.07) is 12.3. The molecule has 0 saturated heterocycles. The second-order valence-corrected chi connectivity index (χ2v) is 5.94. The average Bonchev–Trinajstić information content (AvgIpc) is 2.38. The average molecular weight is 292 g/mol. The first-order valence-corrected chi connectivity index (χ1v) is 7.24. The first-order chi connectivity index (χ1) is 9.13. The third-order valence-electron chi connectivity index (χ3n) is 3.70. The molecule has 98 valence electrons. The van der Waals surface area contributed by atoms with Crippen LogP contribution in [0.5, 0.6) is 0 Å². The van der Waals surface area contributed by atoms with Crippen molar-refractivity contribution in [1.29, 1.82) is 0 Å². The summed E-state index contributed by atoms with van der Waals surface area (Å²) in [5.74, 6) is 0. The summed E-state index contributed by atoms with van der Waals surface area (Å²) < 4.78 is 0. The molecule has 3 rings (SSSR count). The van der Waals surface area contributed by atoms with Crippen LogP contribution in [0.2, 0.25) is 10.0 Å². The SMILES string of the molecule is NC1CCCc2ccc(-c3cc(Cl)cc(Cl)c3)cc21. The van der Waals surface area contributed by atoms with E-state index in [4.69, 9.17) is 28.9 Å². The van der Waals surface area contributed by atoms with Gasteiger partial charge in [0.2, 0.25) is 0 Å². The van der Waals surface area contributed by atoms with E-state index < -0.39 is 0 Å². The maximum atomic E-state index is 6.20. The van der Waals surface area contributed by atoms with Crippen LogP contribution in [0.4, 0.5) is 0 Å². The van der Waals surface area contributed by atoms with Crippen LogP contribution in [0.1, 0.15) is 30.0 Å². The lowest BCUT2D eigenvalue weighted by Crippen LogP contribution is -2.17. The van der Waals surface area contributed by atoms with Gasteiger partial charge in [-0.2, -0.15) is 0 Å². The Bertz CT molecular complexity index is 602. The molecule has 1 atom stereocenters. The van der Waals surface area contributed by atoms with Gasteiger partial charge in [-0.25, -0.2) is 0 Å². The number of hydrogen-bond acceptors (Lipinski definition) is 1. The minimum atomic E-state index is 0.151. The van der Waals surface area contributed by atoms with E-state index in [9.17, 15) is 0 Å². The highest BCUT2D eigenvalue weighted by atomic mass is 35.5. The normalized spacial score (nSPS) is 18.2. The van der Waals surface area contributed by atoms with E-state index in [0.29, 0.717) is 10.0 Å². The van der Waals surface area contributed by atoms with Gasteiger partial charge in [-0.3, -0.25) is 0 Å². The zero-order chi connectivity index (χ0) is 13.4. The van der Waals surface area contributed by atoms with Gasteiger partial charge in [-0.1, -0.05) is 35.3 Å². The third-order valence-corrected chi connectivity index (χ3v) is 4.14. The van der Waals surface area contributed by atoms with Crippen LogP contribution >= 0.6 is 23.2 Å². The smallest absolute Gasteiger partial charge is 0.0426 e. The zero-order valence-corrected chi connectivity index (χ0v) is 12.0. The third kappa shape index (κ3) is 2.64. The molecule has 1 unspecified atom stereocenters. The first-order valence-electron chi connectivity index (χ1n) is 6.48. The number of fused-ring (bicyclic) bond motifs is 1. The Balaban J connectivity index is 2.08. The summed E-state index contributed by atoms with van der Waals surface area (Å²) in [4.78, 5) is 0. The molecule has 1 aliphatic carbocycles. The molecule has 0 spiro atoms. The van der Waals surface area contributed by atoms with Crippen molar-refractivity contribution in [3.05, 3.63) is 57.6 Å². The van der Waals surface area contributed by atoms with Crippen LogP contribution in [-0.2, 0) is 6.42 Å². The van der Waals surface area contributed by atoms with Crippen LogP contribution < -0.4 is 5.73 Å². The molecule has 0 bridgehead atoms. The van der Waals surface area contributed by atoms with Crippen LogP contribution in [0, 0.1) is 0 Å². The van der Waals surface area contributed by atoms with Crippen LogP contribution in [0.25, 0.3) is 11.1 Å². The van der Waals surface area contributed by atoms with Crippen molar-refractivity contribution in [1.82, 2.24) is 0 Å². The fourth-order valence-electron chi connectivity index (χ4n) is 2.74. The van der Waals surface area contributed by atoms with Gasteiger partial charge in [0.05, 0.1) is 0 Å². The second kappa shape index (κ2) is 5.16. The fraction of sp³-hybridized carbons (Fsp3) is 0.250. The Kier molecular flexibility index (Phi) is 3.53. The van der Waals surface area contributed by atoms with Crippen molar-refractivity contribution in [3.8, 4) is 11.1 Å². The lowest BCUT2D eigenvalue weighted by Gasteiger charge is -2.23. The van der Waals surface area contributed by atoms with Crippen molar-refractivity contribution < 1.29 is 0 Å². The lowest BCUT2D eigenvalue weighted by molar-refractivity contribution is 0.571. The van der Waals surface area contributed by atoms with Gasteiger partial charge in [0.1, 0.15) is 0 Å². The molecule has 2 aromatic rings. The Morgan fingerprint density at radius 3 is 2.42 bits per heavy atom.